The Labute approximate surface area is 154 Å². The lowest BCUT2D eigenvalue weighted by molar-refractivity contribution is -0.144. The van der Waals surface area contributed by atoms with Gasteiger partial charge in [0.1, 0.15) is 6.61 Å². The molecule has 2 aliphatic rings. The summed E-state index contributed by atoms with van der Waals surface area (Å²) in [7, 11) is 2.09. The molecule has 0 aromatic heterocycles. The van der Waals surface area contributed by atoms with E-state index in [0.717, 1.165) is 31.7 Å². The van der Waals surface area contributed by atoms with Gasteiger partial charge in [0.2, 0.25) is 0 Å². The van der Waals surface area contributed by atoms with Gasteiger partial charge in [-0.15, -0.1) is 0 Å². The van der Waals surface area contributed by atoms with E-state index in [1.165, 1.54) is 0 Å². The van der Waals surface area contributed by atoms with Crippen LogP contribution < -0.4 is 0 Å². The predicted molar refractivity (Wildman–Crippen MR) is 96.8 cm³/mol. The van der Waals surface area contributed by atoms with E-state index in [1.54, 1.807) is 4.90 Å². The Kier molecular flexibility index (Phi) is 6.11. The van der Waals surface area contributed by atoms with Crippen LogP contribution in [0, 0.1) is 5.92 Å². The van der Waals surface area contributed by atoms with Crippen molar-refractivity contribution in [3.8, 4) is 0 Å². The Balaban J connectivity index is 1.61. The third-order valence-electron chi connectivity index (χ3n) is 5.30. The molecule has 1 N–H and O–H groups in total. The van der Waals surface area contributed by atoms with Crippen molar-refractivity contribution in [2.24, 2.45) is 5.92 Å². The molecule has 2 fully saturated rings. The van der Waals surface area contributed by atoms with Crippen LogP contribution in [0.25, 0.3) is 0 Å². The van der Waals surface area contributed by atoms with Crippen LogP contribution in [0.1, 0.15) is 12.0 Å². The molecule has 0 aliphatic carbocycles. The van der Waals surface area contributed by atoms with E-state index in [2.05, 4.69) is 16.8 Å². The third-order valence-corrected chi connectivity index (χ3v) is 5.30. The number of carbonyl (C=O) groups excluding carboxylic acids is 1. The summed E-state index contributed by atoms with van der Waals surface area (Å²) in [4.78, 5) is 30.2. The molecule has 7 heteroatoms. The average Bonchev–Trinajstić information content (AvgIpc) is 2.67. The van der Waals surface area contributed by atoms with Gasteiger partial charge in [0.05, 0.1) is 5.92 Å². The van der Waals surface area contributed by atoms with Gasteiger partial charge in [-0.25, -0.2) is 4.79 Å². The summed E-state index contributed by atoms with van der Waals surface area (Å²) < 4.78 is 5.42. The fraction of sp³-hybridized carbons (Fsp3) is 0.579. The highest BCUT2D eigenvalue weighted by atomic mass is 16.6. The zero-order valence-electron chi connectivity index (χ0n) is 15.2. The van der Waals surface area contributed by atoms with Crippen LogP contribution in [0.15, 0.2) is 30.3 Å². The molecule has 1 amide bonds. The number of benzene rings is 1. The van der Waals surface area contributed by atoms with Gasteiger partial charge in [0.15, 0.2) is 0 Å². The number of carboxylic acid groups (broad SMARTS) is 1. The molecule has 26 heavy (non-hydrogen) atoms. The third kappa shape index (κ3) is 4.74. The number of hydrogen-bond donors (Lipinski definition) is 1. The van der Waals surface area contributed by atoms with E-state index in [4.69, 9.17) is 4.74 Å². The number of piperazine rings is 1. The second-order valence-corrected chi connectivity index (χ2v) is 7.21. The van der Waals surface area contributed by atoms with Crippen LogP contribution in [0.2, 0.25) is 0 Å². The number of likely N-dealkylation sites (tertiary alicyclic amines) is 1. The van der Waals surface area contributed by atoms with Gasteiger partial charge in [0.25, 0.3) is 0 Å². The first-order valence-electron chi connectivity index (χ1n) is 9.14. The summed E-state index contributed by atoms with van der Waals surface area (Å²) in [6.45, 7) is 4.68. The standard InChI is InChI=1S/C19H27N3O4/c1-20-7-9-21(10-8-20)17-11-16(18(23)24)12-22(13-17)19(25)26-14-15-5-3-2-4-6-15/h2-6,16-17H,7-14H2,1H3,(H,23,24)/t16-,17+/m1/s1. The normalized spacial score (nSPS) is 25.0. The van der Waals surface area contributed by atoms with E-state index in [-0.39, 0.29) is 19.2 Å². The second-order valence-electron chi connectivity index (χ2n) is 7.21. The van der Waals surface area contributed by atoms with E-state index < -0.39 is 18.0 Å². The number of nitrogens with zero attached hydrogens (tertiary/aromatic N) is 3. The van der Waals surface area contributed by atoms with Gasteiger partial charge in [-0.3, -0.25) is 9.69 Å². The number of hydrogen-bond acceptors (Lipinski definition) is 5. The number of ether oxygens (including phenoxy) is 1. The molecular weight excluding hydrogens is 334 g/mol. The number of aliphatic carboxylic acids is 1. The Morgan fingerprint density at radius 3 is 2.46 bits per heavy atom. The van der Waals surface area contributed by atoms with Gasteiger partial charge in [-0.1, -0.05) is 30.3 Å². The van der Waals surface area contributed by atoms with E-state index >= 15 is 0 Å². The van der Waals surface area contributed by atoms with Gasteiger partial charge >= 0.3 is 12.1 Å². The largest absolute Gasteiger partial charge is 0.481 e. The Morgan fingerprint density at radius 1 is 1.12 bits per heavy atom. The molecule has 0 radical (unpaired) electrons. The van der Waals surface area contributed by atoms with Crippen LogP contribution in [-0.2, 0) is 16.1 Å². The van der Waals surface area contributed by atoms with Crippen LogP contribution in [0.5, 0.6) is 0 Å². The molecule has 0 unspecified atom stereocenters. The SMILES string of the molecule is CN1CCN([C@H]2C[C@@H](C(=O)O)CN(C(=O)OCc3ccccc3)C2)CC1. The molecule has 3 rings (SSSR count). The molecule has 2 atom stereocenters. The first-order valence-corrected chi connectivity index (χ1v) is 9.14. The number of likely N-dealkylation sites (N-methyl/N-ethyl adjacent to an activating group) is 1. The van der Waals surface area contributed by atoms with Gasteiger partial charge in [0, 0.05) is 45.3 Å². The quantitative estimate of drug-likeness (QED) is 0.873. The smallest absolute Gasteiger partial charge is 0.410 e. The fourth-order valence-corrected chi connectivity index (χ4v) is 3.66. The minimum atomic E-state index is -0.843. The number of piperidine rings is 1. The Hall–Kier alpha value is -2.12. The summed E-state index contributed by atoms with van der Waals surface area (Å²) in [6, 6.07) is 9.58. The molecule has 2 aliphatic heterocycles. The first kappa shape index (κ1) is 18.7. The lowest BCUT2D eigenvalue weighted by Crippen LogP contribution is -2.57. The first-order chi connectivity index (χ1) is 12.5. The topological polar surface area (TPSA) is 73.3 Å². The van der Waals surface area contributed by atoms with Crippen LogP contribution >= 0.6 is 0 Å². The molecule has 1 aromatic carbocycles. The summed E-state index contributed by atoms with van der Waals surface area (Å²) >= 11 is 0. The maximum atomic E-state index is 12.5. The highest BCUT2D eigenvalue weighted by Crippen LogP contribution is 2.23. The van der Waals surface area contributed by atoms with Crippen molar-refractivity contribution in [3.63, 3.8) is 0 Å². The molecular formula is C19H27N3O4. The van der Waals surface area contributed by atoms with E-state index in [1.807, 2.05) is 30.3 Å². The van der Waals surface area contributed by atoms with Crippen molar-refractivity contribution < 1.29 is 19.4 Å². The van der Waals surface area contributed by atoms with Crippen molar-refractivity contribution in [1.82, 2.24) is 14.7 Å². The van der Waals surface area contributed by atoms with Crippen molar-refractivity contribution in [2.45, 2.75) is 19.1 Å². The Bertz CT molecular complexity index is 616. The van der Waals surface area contributed by atoms with Crippen LogP contribution in [0.4, 0.5) is 4.79 Å². The minimum Gasteiger partial charge on any atom is -0.481 e. The predicted octanol–water partition coefficient (Wildman–Crippen LogP) is 1.35. The lowest BCUT2D eigenvalue weighted by Gasteiger charge is -2.43. The van der Waals surface area contributed by atoms with Crippen molar-refractivity contribution in [3.05, 3.63) is 35.9 Å². The van der Waals surface area contributed by atoms with E-state index in [9.17, 15) is 14.7 Å². The summed E-state index contributed by atoms with van der Waals surface area (Å²) in [6.07, 6.45) is 0.153. The highest BCUT2D eigenvalue weighted by Gasteiger charge is 2.37. The summed E-state index contributed by atoms with van der Waals surface area (Å²) in [5.74, 6) is -1.39. The van der Waals surface area contributed by atoms with Crippen LogP contribution in [0.3, 0.4) is 0 Å². The molecule has 1 aromatic rings. The molecule has 142 valence electrons. The number of carbonyl (C=O) groups is 2. The monoisotopic (exact) mass is 361 g/mol. The molecule has 0 spiro atoms. The maximum absolute atomic E-state index is 12.5. The zero-order valence-corrected chi connectivity index (χ0v) is 15.2. The number of amides is 1. The Morgan fingerprint density at radius 2 is 1.81 bits per heavy atom. The van der Waals surface area contributed by atoms with Gasteiger partial charge in [-0.2, -0.15) is 0 Å². The van der Waals surface area contributed by atoms with Gasteiger partial charge in [-0.05, 0) is 19.0 Å². The molecule has 2 saturated heterocycles. The molecule has 0 bridgehead atoms. The second kappa shape index (κ2) is 8.51. The van der Waals surface area contributed by atoms with Crippen LogP contribution in [-0.4, -0.2) is 84.2 Å². The minimum absolute atomic E-state index is 0.0721. The molecule has 0 saturated carbocycles. The zero-order chi connectivity index (χ0) is 18.5. The van der Waals surface area contributed by atoms with Gasteiger partial charge < -0.3 is 19.6 Å². The average molecular weight is 361 g/mol. The van der Waals surface area contributed by atoms with Crippen molar-refractivity contribution in [2.75, 3.05) is 46.3 Å². The fourth-order valence-electron chi connectivity index (χ4n) is 3.66. The lowest BCUT2D eigenvalue weighted by atomic mass is 9.93. The molecule has 2 heterocycles. The van der Waals surface area contributed by atoms with E-state index in [0.29, 0.717) is 13.0 Å². The molecule has 7 nitrogen and oxygen atoms in total. The maximum Gasteiger partial charge on any atom is 0.410 e. The number of carboxylic acids is 1. The summed E-state index contributed by atoms with van der Waals surface area (Å²) in [5.41, 5.74) is 0.920. The number of rotatable bonds is 4. The van der Waals surface area contributed by atoms with Crippen molar-refractivity contribution >= 4 is 12.1 Å². The highest BCUT2D eigenvalue weighted by molar-refractivity contribution is 5.73. The van der Waals surface area contributed by atoms with Crippen molar-refractivity contribution in [1.29, 1.82) is 0 Å². The summed E-state index contributed by atoms with van der Waals surface area (Å²) in [5, 5.41) is 9.50.